The predicted octanol–water partition coefficient (Wildman–Crippen LogP) is 23.9. The number of fused-ring (bicyclic) bond motifs is 8. The number of ketones is 4. The van der Waals surface area contributed by atoms with Crippen LogP contribution >= 0.6 is 38.8 Å². The van der Waals surface area contributed by atoms with Crippen molar-refractivity contribution in [3.63, 3.8) is 0 Å². The van der Waals surface area contributed by atoms with Crippen LogP contribution in [-0.2, 0) is 97.1 Å². The van der Waals surface area contributed by atoms with Crippen molar-refractivity contribution in [1.29, 1.82) is 5.26 Å². The van der Waals surface area contributed by atoms with E-state index in [9.17, 15) is 69.5 Å². The first-order chi connectivity index (χ1) is 63.5. The zero-order valence-electron chi connectivity index (χ0n) is 72.0. The van der Waals surface area contributed by atoms with Crippen LogP contribution in [0.5, 0.6) is 23.0 Å². The number of para-hydroxylation sites is 8. The summed E-state index contributed by atoms with van der Waals surface area (Å²) in [6.07, 6.45) is 16.8. The standard InChI is InChI=1S/2C48H40N4O4.C2H4Cl2.C2H3N.2Ag.2F6P/c2*53-47-37-19-7-8-20-38(37)48(54)46-44(56-30-14-28-50-34-52(32-36-17-5-2-6-18-36)42-24-12-10-22-40(42)50)26-25-43(45(46)47)55-29-13-27-49-33-51(31-35-15-3-1-4-16-35)41-23-11-9-21-39(41)49;3-1-2-4;1-2-3;;;2*1-7(2,3,4,5)6/h2*1-12,15-26H,13-14,27-32H2;1-2H2;1H3;;;;/q;;;;2*+1;2*-1. The maximum atomic E-state index is 14.0. The van der Waals surface area contributed by atoms with Gasteiger partial charge < -0.3 is 55.5 Å². The van der Waals surface area contributed by atoms with Crippen molar-refractivity contribution in [2.75, 3.05) is 38.2 Å². The van der Waals surface area contributed by atoms with E-state index in [1.54, 1.807) is 78.9 Å². The first kappa shape index (κ1) is 103. The minimum Gasteiger partial charge on any atom is -0.493 e. The number of aromatic nitrogens is 8. The molecule has 0 amide bonds. The van der Waals surface area contributed by atoms with Gasteiger partial charge in [-0.05, 0) is 46.5 Å². The van der Waals surface area contributed by atoms with Crippen molar-refractivity contribution in [1.82, 2.24) is 18.3 Å². The summed E-state index contributed by atoms with van der Waals surface area (Å²) in [7, 11) is -21.3. The quantitative estimate of drug-likeness (QED) is 0.00844. The van der Waals surface area contributed by atoms with Gasteiger partial charge in [-0.15, -0.1) is 23.2 Å². The monoisotopic (exact) mass is 2120 g/mol. The molecule has 0 unspecified atom stereocenters. The van der Waals surface area contributed by atoms with E-state index in [1.807, 2.05) is 121 Å². The van der Waals surface area contributed by atoms with E-state index in [-0.39, 0.29) is 90.1 Å². The first-order valence-corrected chi connectivity index (χ1v) is 47.1. The van der Waals surface area contributed by atoms with Crippen molar-refractivity contribution >= 4 is 106 Å². The summed E-state index contributed by atoms with van der Waals surface area (Å²) in [5, 5.41) is 7.32. The van der Waals surface area contributed by atoms with Crippen molar-refractivity contribution in [2.24, 2.45) is 0 Å². The molecule has 16 aromatic rings. The number of carbonyl (C=O) groups is 4. The van der Waals surface area contributed by atoms with Crippen LogP contribution in [-0.4, -0.2) is 79.6 Å². The number of aryl methyl sites for hydroxylation is 4. The predicted molar refractivity (Wildman–Crippen MR) is 486 cm³/mol. The molecule has 0 fully saturated rings. The smallest absolute Gasteiger partial charge is 0.493 e. The third-order valence-electron chi connectivity index (χ3n) is 20.8. The van der Waals surface area contributed by atoms with E-state index in [0.717, 1.165) is 70.3 Å². The zero-order valence-corrected chi connectivity index (χ0v) is 78.3. The minimum absolute atomic E-state index is 0. The van der Waals surface area contributed by atoms with Gasteiger partial charge in [0.25, 0.3) is 0 Å². The summed E-state index contributed by atoms with van der Waals surface area (Å²) < 4.78 is 161. The number of imidazole rings is 4. The number of nitrogens with zero attached hydrogens (tertiary/aromatic N) is 9. The molecule has 12 aromatic carbocycles. The molecule has 0 saturated carbocycles. The molecule has 710 valence electrons. The second-order valence-electron chi connectivity index (χ2n) is 30.6. The Balaban J connectivity index is 0.000000212. The number of halogens is 14. The Bertz CT molecular complexity index is 6110. The van der Waals surface area contributed by atoms with E-state index in [0.29, 0.717) is 135 Å². The van der Waals surface area contributed by atoms with Crippen LogP contribution < -0.4 is 37.2 Å². The van der Waals surface area contributed by atoms with Crippen LogP contribution in [0.3, 0.4) is 0 Å². The molecule has 0 atom stereocenters. The number of hydrogen-bond acceptors (Lipinski definition) is 9. The second-order valence-corrected chi connectivity index (χ2v) is 35.2. The Morgan fingerprint density at radius 2 is 0.526 bits per heavy atom. The molecule has 0 spiro atoms. The van der Waals surface area contributed by atoms with E-state index in [4.69, 9.17) is 47.4 Å². The van der Waals surface area contributed by atoms with Gasteiger partial charge in [0, 0.05) is 111 Å². The average Bonchev–Trinajstić information content (AvgIpc) is 1.01. The Morgan fingerprint density at radius 3 is 0.793 bits per heavy atom. The maximum absolute atomic E-state index is 14.0. The van der Waals surface area contributed by atoms with E-state index >= 15 is 0 Å². The molecule has 2 aliphatic rings. The Hall–Kier alpha value is -12.0. The Labute approximate surface area is 810 Å². The number of hydrogen-bond donors (Lipinski definition) is 0. The molecule has 135 heavy (non-hydrogen) atoms. The van der Waals surface area contributed by atoms with Gasteiger partial charge in [0.05, 0.1) is 107 Å². The van der Waals surface area contributed by atoms with Crippen molar-refractivity contribution in [2.45, 2.75) is 85.0 Å². The third kappa shape index (κ3) is 29.3. The molecule has 0 N–H and O–H groups in total. The molecule has 0 bridgehead atoms. The van der Waals surface area contributed by atoms with Crippen LogP contribution in [0.15, 0.2) is 291 Å². The van der Waals surface area contributed by atoms with Crippen LogP contribution in [0.4, 0.5) is 50.4 Å². The first-order valence-electron chi connectivity index (χ1n) is 42.0. The normalized spacial score (nSPS) is 12.8. The summed E-state index contributed by atoms with van der Waals surface area (Å²) >= 11 is 10.1. The van der Waals surface area contributed by atoms with Gasteiger partial charge in [0.1, 0.15) is 23.0 Å². The number of rotatable bonds is 29. The van der Waals surface area contributed by atoms with Crippen LogP contribution in [0.25, 0.3) is 44.1 Å². The molecule has 0 radical (unpaired) electrons. The SMILES string of the molecule is CC#N.ClCCCl.F[P-](F)(F)(F)(F)F.F[P-](F)(F)(F)(F)F.O=C1c2ccccc2C(=O)c2c(OCCC[n+]3[c-]n(Cc4ccccc4)c4ccccc43)ccc(OCCCn3[c-][n+](Cc4ccccc4)c4ccccc43)c21.O=C1c2ccccc2C(=O)c2c(OCCCn3[c-][n+](Cc4ccccc4)c4ccccc43)ccc(OCCCn3[c-][n+](Cc4ccccc4)c4ccccc43)c21.[Ag+].[Ag+]. The minimum atomic E-state index is -10.7. The van der Waals surface area contributed by atoms with Gasteiger partial charge in [0.2, 0.25) is 25.3 Å². The summed E-state index contributed by atoms with van der Waals surface area (Å²) in [5.41, 5.74) is 16.2. The molecule has 4 heterocycles. The molecule has 0 saturated heterocycles. The van der Waals surface area contributed by atoms with Crippen LogP contribution in [0, 0.1) is 36.6 Å². The van der Waals surface area contributed by atoms with Crippen LogP contribution in [0.1, 0.15) is 119 Å². The summed E-state index contributed by atoms with van der Waals surface area (Å²) in [6, 6.07) is 97.4. The van der Waals surface area contributed by atoms with Crippen LogP contribution in [0.2, 0.25) is 0 Å². The van der Waals surface area contributed by atoms with E-state index in [1.165, 1.54) is 29.2 Å². The molecule has 17 nitrogen and oxygen atoms in total. The fraction of sp³-hybridized carbons (Fsp3) is 0.190. The van der Waals surface area contributed by atoms with E-state index in [2.05, 4.69) is 159 Å². The number of carbonyl (C=O) groups excluding carboxylic acids is 4. The number of benzene rings is 12. The molecule has 4 aromatic heterocycles. The molecular weight excluding hydrogens is 2030 g/mol. The van der Waals surface area contributed by atoms with E-state index < -0.39 is 15.6 Å². The second kappa shape index (κ2) is 44.2. The zero-order chi connectivity index (χ0) is 94.6. The van der Waals surface area contributed by atoms with Crippen molar-refractivity contribution < 1.29 is 152 Å². The molecular formula is C100H87Ag2Cl2F12N9O8P2. The van der Waals surface area contributed by atoms with Gasteiger partial charge in [-0.3, -0.25) is 19.2 Å². The number of ether oxygens (including phenoxy) is 4. The van der Waals surface area contributed by atoms with Gasteiger partial charge in [0.15, 0.2) is 23.1 Å². The topological polar surface area (TPSA) is 164 Å². The van der Waals surface area contributed by atoms with Crippen molar-refractivity contribution in [3.8, 4) is 29.1 Å². The summed E-state index contributed by atoms with van der Waals surface area (Å²) in [6.45, 7) is 8.38. The van der Waals surface area contributed by atoms with Gasteiger partial charge in [-0.2, -0.15) is 5.26 Å². The third-order valence-corrected chi connectivity index (χ3v) is 21.3. The Kier molecular flexibility index (Phi) is 33.9. The summed E-state index contributed by atoms with van der Waals surface area (Å²) in [4.78, 5) is 56.2. The van der Waals surface area contributed by atoms with Gasteiger partial charge in [-0.25, -0.2) is 0 Å². The fourth-order valence-corrected chi connectivity index (χ4v) is 15.4. The number of alkyl halides is 2. The molecule has 18 rings (SSSR count). The number of nitriles is 1. The summed E-state index contributed by atoms with van der Waals surface area (Å²) in [5.74, 6) is 1.71. The maximum Gasteiger partial charge on any atom is 1.00 e. The average molecular weight is 2120 g/mol. The largest absolute Gasteiger partial charge is 1.00 e. The van der Waals surface area contributed by atoms with Gasteiger partial charge in [-0.1, -0.05) is 267 Å². The molecule has 0 aliphatic heterocycles. The van der Waals surface area contributed by atoms with Crippen molar-refractivity contribution in [3.05, 3.63) is 383 Å². The van der Waals surface area contributed by atoms with Gasteiger partial charge >= 0.3 is 111 Å². The Morgan fingerprint density at radius 1 is 0.311 bits per heavy atom. The fourth-order valence-electron chi connectivity index (χ4n) is 15.4. The molecule has 35 heteroatoms. The molecule has 2 aliphatic carbocycles.